The predicted molar refractivity (Wildman–Crippen MR) is 112 cm³/mol. The molecule has 0 aliphatic carbocycles. The largest absolute Gasteiger partial charge is 0.497 e. The van der Waals surface area contributed by atoms with Crippen LogP contribution in [0.3, 0.4) is 0 Å². The summed E-state index contributed by atoms with van der Waals surface area (Å²) in [7, 11) is 3.30. The molecule has 0 spiro atoms. The third kappa shape index (κ3) is 4.46. The van der Waals surface area contributed by atoms with Crippen molar-refractivity contribution in [2.24, 2.45) is 0 Å². The topological polar surface area (TPSA) is 69.3 Å². The van der Waals surface area contributed by atoms with E-state index in [1.54, 1.807) is 14.2 Å². The maximum Gasteiger partial charge on any atom is 0.234 e. The molecule has 2 aliphatic heterocycles. The summed E-state index contributed by atoms with van der Waals surface area (Å²) in [5, 5.41) is 2.99. The molecule has 30 heavy (non-hydrogen) atoms. The van der Waals surface area contributed by atoms with Crippen molar-refractivity contribution in [2.45, 2.75) is 25.0 Å². The number of nitrogens with one attached hydrogen (secondary N) is 1. The maximum absolute atomic E-state index is 12.6. The van der Waals surface area contributed by atoms with Gasteiger partial charge in [0.15, 0.2) is 11.5 Å². The first-order chi connectivity index (χ1) is 14.7. The molecule has 0 radical (unpaired) electrons. The molecule has 0 unspecified atom stereocenters. The Labute approximate surface area is 176 Å². The van der Waals surface area contributed by atoms with E-state index in [1.165, 1.54) is 0 Å². The molecule has 160 valence electrons. The second kappa shape index (κ2) is 9.26. The molecule has 0 saturated carbocycles. The van der Waals surface area contributed by atoms with Crippen molar-refractivity contribution in [2.75, 3.05) is 40.5 Å². The van der Waals surface area contributed by atoms with E-state index >= 15 is 0 Å². The van der Waals surface area contributed by atoms with Gasteiger partial charge in [0.1, 0.15) is 24.2 Å². The fourth-order valence-electron chi connectivity index (χ4n) is 4.09. The lowest BCUT2D eigenvalue weighted by molar-refractivity contribution is -0.123. The van der Waals surface area contributed by atoms with E-state index in [-0.39, 0.29) is 18.1 Å². The molecule has 4 rings (SSSR count). The number of para-hydroxylation sites is 2. The van der Waals surface area contributed by atoms with Gasteiger partial charge in [-0.25, -0.2) is 0 Å². The van der Waals surface area contributed by atoms with Crippen molar-refractivity contribution in [3.05, 3.63) is 48.0 Å². The van der Waals surface area contributed by atoms with Gasteiger partial charge in [0.25, 0.3) is 0 Å². The van der Waals surface area contributed by atoms with E-state index in [4.69, 9.17) is 18.9 Å². The fraction of sp³-hybridized carbons (Fsp3) is 0.435. The van der Waals surface area contributed by atoms with Crippen LogP contribution in [0.25, 0.3) is 0 Å². The van der Waals surface area contributed by atoms with Gasteiger partial charge in [-0.05, 0) is 37.6 Å². The minimum atomic E-state index is -0.195. The van der Waals surface area contributed by atoms with Crippen LogP contribution in [-0.2, 0) is 4.79 Å². The number of nitrogens with zero attached hydrogens (tertiary/aromatic N) is 1. The highest BCUT2D eigenvalue weighted by molar-refractivity contribution is 5.78. The first-order valence-corrected chi connectivity index (χ1v) is 10.3. The zero-order valence-electron chi connectivity index (χ0n) is 17.4. The molecule has 2 heterocycles. The highest BCUT2D eigenvalue weighted by atomic mass is 16.6. The number of hydrogen-bond acceptors (Lipinski definition) is 6. The molecule has 0 aromatic heterocycles. The van der Waals surface area contributed by atoms with Gasteiger partial charge in [-0.3, -0.25) is 9.69 Å². The number of amides is 1. The summed E-state index contributed by atoms with van der Waals surface area (Å²) in [5.74, 6) is 2.99. The number of likely N-dealkylation sites (tertiary alicyclic amines) is 1. The smallest absolute Gasteiger partial charge is 0.234 e. The normalized spacial score (nSPS) is 20.6. The number of methoxy groups -OCH3 is 2. The van der Waals surface area contributed by atoms with E-state index in [0.29, 0.717) is 25.4 Å². The van der Waals surface area contributed by atoms with Gasteiger partial charge in [-0.1, -0.05) is 18.2 Å². The second-order valence-corrected chi connectivity index (χ2v) is 7.54. The first kappa shape index (κ1) is 20.3. The van der Waals surface area contributed by atoms with Gasteiger partial charge in [-0.15, -0.1) is 0 Å². The Balaban J connectivity index is 1.33. The van der Waals surface area contributed by atoms with Crippen molar-refractivity contribution in [1.29, 1.82) is 0 Å². The summed E-state index contributed by atoms with van der Waals surface area (Å²) >= 11 is 0. The number of carbonyl (C=O) groups excluding carboxylic acids is 1. The molecule has 1 amide bonds. The lowest BCUT2D eigenvalue weighted by Crippen LogP contribution is -2.44. The van der Waals surface area contributed by atoms with E-state index < -0.39 is 0 Å². The zero-order chi connectivity index (χ0) is 20.9. The molecule has 7 heteroatoms. The van der Waals surface area contributed by atoms with Crippen LogP contribution in [0.5, 0.6) is 23.0 Å². The Morgan fingerprint density at radius 2 is 2.00 bits per heavy atom. The Bertz CT molecular complexity index is 888. The van der Waals surface area contributed by atoms with Crippen LogP contribution in [0.4, 0.5) is 0 Å². The van der Waals surface area contributed by atoms with E-state index in [9.17, 15) is 4.79 Å². The van der Waals surface area contributed by atoms with Crippen LogP contribution in [0.1, 0.15) is 24.4 Å². The van der Waals surface area contributed by atoms with Crippen LogP contribution in [0, 0.1) is 0 Å². The Morgan fingerprint density at radius 1 is 1.17 bits per heavy atom. The molecule has 1 N–H and O–H groups in total. The molecule has 7 nitrogen and oxygen atoms in total. The van der Waals surface area contributed by atoms with Crippen molar-refractivity contribution < 1.29 is 23.7 Å². The molecule has 2 aromatic carbocycles. The van der Waals surface area contributed by atoms with Crippen LogP contribution < -0.4 is 24.3 Å². The van der Waals surface area contributed by atoms with E-state index in [0.717, 1.165) is 42.2 Å². The molecule has 2 aromatic rings. The Kier molecular flexibility index (Phi) is 6.28. The van der Waals surface area contributed by atoms with Crippen molar-refractivity contribution >= 4 is 5.91 Å². The summed E-state index contributed by atoms with van der Waals surface area (Å²) in [4.78, 5) is 14.8. The second-order valence-electron chi connectivity index (χ2n) is 7.54. The van der Waals surface area contributed by atoms with Gasteiger partial charge < -0.3 is 24.3 Å². The highest BCUT2D eigenvalue weighted by Gasteiger charge is 2.30. The lowest BCUT2D eigenvalue weighted by atomic mass is 10.0. The third-order valence-electron chi connectivity index (χ3n) is 5.60. The molecular formula is C23H28N2O5. The Morgan fingerprint density at radius 3 is 2.80 bits per heavy atom. The summed E-state index contributed by atoms with van der Waals surface area (Å²) < 4.78 is 22.5. The predicted octanol–water partition coefficient (Wildman–Crippen LogP) is 2.80. The zero-order valence-corrected chi connectivity index (χ0v) is 17.4. The molecular weight excluding hydrogens is 384 g/mol. The van der Waals surface area contributed by atoms with Crippen LogP contribution in [0.15, 0.2) is 42.5 Å². The summed E-state index contributed by atoms with van der Waals surface area (Å²) in [6, 6.07) is 13.6. The first-order valence-electron chi connectivity index (χ1n) is 10.3. The van der Waals surface area contributed by atoms with Crippen LogP contribution in [-0.4, -0.2) is 57.4 Å². The van der Waals surface area contributed by atoms with Gasteiger partial charge in [0.2, 0.25) is 5.91 Å². The third-order valence-corrected chi connectivity index (χ3v) is 5.60. The minimum Gasteiger partial charge on any atom is -0.497 e. The number of carbonyl (C=O) groups is 1. The number of benzene rings is 2. The van der Waals surface area contributed by atoms with Gasteiger partial charge in [0, 0.05) is 17.7 Å². The van der Waals surface area contributed by atoms with E-state index in [2.05, 4.69) is 10.2 Å². The highest BCUT2D eigenvalue weighted by Crippen LogP contribution is 2.38. The average molecular weight is 412 g/mol. The van der Waals surface area contributed by atoms with Crippen molar-refractivity contribution in [1.82, 2.24) is 10.2 Å². The summed E-state index contributed by atoms with van der Waals surface area (Å²) in [6.45, 7) is 2.05. The quantitative estimate of drug-likeness (QED) is 0.754. The van der Waals surface area contributed by atoms with Crippen LogP contribution >= 0.6 is 0 Å². The number of hydrogen-bond donors (Lipinski definition) is 1. The summed E-state index contributed by atoms with van der Waals surface area (Å²) in [5.41, 5.74) is 1.09. The van der Waals surface area contributed by atoms with Crippen molar-refractivity contribution in [3.63, 3.8) is 0 Å². The lowest BCUT2D eigenvalue weighted by Gasteiger charge is -2.28. The SMILES string of the molecule is COc1ccc([C@H]2CCCN2CC(=O)NC[C@@H]2COc3ccccc3O2)c(OC)c1. The standard InChI is InChI=1S/C23H28N2O5/c1-27-16-9-10-18(22(12-16)28-2)19-6-5-11-25(19)14-23(26)24-13-17-15-29-20-7-3-4-8-21(20)30-17/h3-4,7-10,12,17,19H,5-6,11,13-15H2,1-2H3,(H,24,26)/t17-,19-/m1/s1. The fourth-order valence-corrected chi connectivity index (χ4v) is 4.09. The average Bonchev–Trinajstić information content (AvgIpc) is 3.24. The number of rotatable bonds is 7. The minimum absolute atomic E-state index is 0.0168. The molecule has 0 bridgehead atoms. The molecule has 1 saturated heterocycles. The molecule has 2 atom stereocenters. The number of fused-ring (bicyclic) bond motifs is 1. The van der Waals surface area contributed by atoms with Crippen LogP contribution in [0.2, 0.25) is 0 Å². The van der Waals surface area contributed by atoms with Gasteiger partial charge in [0.05, 0.1) is 27.3 Å². The Hall–Kier alpha value is -2.93. The maximum atomic E-state index is 12.6. The van der Waals surface area contributed by atoms with Crippen molar-refractivity contribution in [3.8, 4) is 23.0 Å². The monoisotopic (exact) mass is 412 g/mol. The molecule has 2 aliphatic rings. The molecule has 1 fully saturated rings. The van der Waals surface area contributed by atoms with Gasteiger partial charge >= 0.3 is 0 Å². The number of ether oxygens (including phenoxy) is 4. The van der Waals surface area contributed by atoms with E-state index in [1.807, 2.05) is 42.5 Å². The van der Waals surface area contributed by atoms with Gasteiger partial charge in [-0.2, -0.15) is 0 Å². The summed E-state index contributed by atoms with van der Waals surface area (Å²) in [6.07, 6.45) is 1.84.